The Morgan fingerprint density at radius 3 is 1.80 bits per heavy atom. The van der Waals surface area contributed by atoms with Gasteiger partial charge in [0.2, 0.25) is 10.3 Å². The van der Waals surface area contributed by atoms with E-state index in [9.17, 15) is 0 Å². The van der Waals surface area contributed by atoms with Gasteiger partial charge in [-0.05, 0) is 31.2 Å². The van der Waals surface area contributed by atoms with E-state index in [0.29, 0.717) is 0 Å². The molecule has 25 heavy (non-hydrogen) atoms. The van der Waals surface area contributed by atoms with Crippen LogP contribution in [0.4, 0.5) is 0 Å². The van der Waals surface area contributed by atoms with Crippen LogP contribution in [0.25, 0.3) is 10.3 Å². The van der Waals surface area contributed by atoms with Crippen molar-refractivity contribution in [3.63, 3.8) is 0 Å². The van der Waals surface area contributed by atoms with Crippen LogP contribution < -0.4 is 5.73 Å². The standard InChI is InChI=1S/C16H17N7S2/c1-16(17,8-12-4-2-6-22(12)14-20-18-10-24-14)9-13-5-3-7-23(13)15-21-19-11-25-15/h2-7,10-11H,8-9,17H2,1H3. The summed E-state index contributed by atoms with van der Waals surface area (Å²) in [6.07, 6.45) is 5.44. The van der Waals surface area contributed by atoms with Gasteiger partial charge in [-0.3, -0.25) is 9.13 Å². The topological polar surface area (TPSA) is 87.4 Å². The number of hydrogen-bond donors (Lipinski definition) is 1. The van der Waals surface area contributed by atoms with Crippen LogP contribution in [0, 0.1) is 0 Å². The lowest BCUT2D eigenvalue weighted by molar-refractivity contribution is 0.447. The van der Waals surface area contributed by atoms with Crippen LogP contribution >= 0.6 is 22.7 Å². The molecule has 0 atom stereocenters. The van der Waals surface area contributed by atoms with Crippen molar-refractivity contribution in [2.24, 2.45) is 5.73 Å². The van der Waals surface area contributed by atoms with Gasteiger partial charge in [0, 0.05) is 42.2 Å². The molecule has 0 amide bonds. The molecule has 0 saturated carbocycles. The molecule has 4 aromatic rings. The van der Waals surface area contributed by atoms with Crippen molar-refractivity contribution in [2.45, 2.75) is 25.3 Å². The Morgan fingerprint density at radius 1 is 0.920 bits per heavy atom. The number of rotatable bonds is 6. The van der Waals surface area contributed by atoms with E-state index in [4.69, 9.17) is 5.73 Å². The third-order valence-corrected chi connectivity index (χ3v) is 5.32. The predicted molar refractivity (Wildman–Crippen MR) is 98.5 cm³/mol. The van der Waals surface area contributed by atoms with Crippen LogP contribution in [0.1, 0.15) is 18.3 Å². The molecule has 0 bridgehead atoms. The number of nitrogens with zero attached hydrogens (tertiary/aromatic N) is 6. The van der Waals surface area contributed by atoms with E-state index in [1.54, 1.807) is 11.0 Å². The second-order valence-corrected chi connectivity index (χ2v) is 7.81. The van der Waals surface area contributed by atoms with Crippen molar-refractivity contribution < 1.29 is 0 Å². The molecule has 0 saturated heterocycles. The first-order valence-corrected chi connectivity index (χ1v) is 9.53. The van der Waals surface area contributed by atoms with Crippen molar-refractivity contribution >= 4 is 22.7 Å². The summed E-state index contributed by atoms with van der Waals surface area (Å²) in [4.78, 5) is 0. The molecule has 0 aliphatic heterocycles. The van der Waals surface area contributed by atoms with Crippen LogP contribution in [0.2, 0.25) is 0 Å². The Bertz CT molecular complexity index is 859. The Balaban J connectivity index is 1.56. The molecule has 4 heterocycles. The quantitative estimate of drug-likeness (QED) is 0.562. The van der Waals surface area contributed by atoms with E-state index in [-0.39, 0.29) is 0 Å². The lowest BCUT2D eigenvalue weighted by atomic mass is 9.91. The molecule has 128 valence electrons. The zero-order valence-corrected chi connectivity index (χ0v) is 15.2. The molecular weight excluding hydrogens is 354 g/mol. The summed E-state index contributed by atoms with van der Waals surface area (Å²) >= 11 is 3.02. The first-order valence-electron chi connectivity index (χ1n) is 7.77. The summed E-state index contributed by atoms with van der Waals surface area (Å²) in [5, 5.41) is 17.8. The molecule has 4 rings (SSSR count). The summed E-state index contributed by atoms with van der Waals surface area (Å²) in [6.45, 7) is 2.07. The molecule has 7 nitrogen and oxygen atoms in total. The minimum absolute atomic E-state index is 0.415. The number of hydrogen-bond acceptors (Lipinski definition) is 7. The summed E-state index contributed by atoms with van der Waals surface area (Å²) in [7, 11) is 0. The highest BCUT2D eigenvalue weighted by Gasteiger charge is 2.24. The third-order valence-electron chi connectivity index (χ3n) is 3.95. The van der Waals surface area contributed by atoms with Gasteiger partial charge >= 0.3 is 0 Å². The molecule has 0 spiro atoms. The van der Waals surface area contributed by atoms with Gasteiger partial charge < -0.3 is 5.73 Å². The normalized spacial score (nSPS) is 11.9. The minimum Gasteiger partial charge on any atom is -0.325 e. The van der Waals surface area contributed by atoms with E-state index < -0.39 is 5.54 Å². The minimum atomic E-state index is -0.415. The van der Waals surface area contributed by atoms with Crippen LogP contribution in [-0.2, 0) is 12.8 Å². The van der Waals surface area contributed by atoms with Crippen molar-refractivity contribution in [1.29, 1.82) is 0 Å². The van der Waals surface area contributed by atoms with Crippen molar-refractivity contribution in [2.75, 3.05) is 0 Å². The first kappa shape index (κ1) is 16.1. The fraction of sp³-hybridized carbons (Fsp3) is 0.250. The van der Waals surface area contributed by atoms with Crippen molar-refractivity contribution in [3.8, 4) is 10.3 Å². The van der Waals surface area contributed by atoms with E-state index in [1.165, 1.54) is 22.7 Å². The fourth-order valence-corrected chi connectivity index (χ4v) is 4.08. The zero-order valence-electron chi connectivity index (χ0n) is 13.6. The summed E-state index contributed by atoms with van der Waals surface area (Å²) in [5.74, 6) is 0. The molecule has 0 aliphatic rings. The SMILES string of the molecule is CC(N)(Cc1cccn1-c1nncs1)Cc1cccn1-c1nncs1. The Morgan fingerprint density at radius 2 is 1.40 bits per heavy atom. The summed E-state index contributed by atoms with van der Waals surface area (Å²) in [5.41, 5.74) is 11.9. The highest BCUT2D eigenvalue weighted by atomic mass is 32.1. The smallest absolute Gasteiger partial charge is 0.216 e. The van der Waals surface area contributed by atoms with Crippen LogP contribution in [0.3, 0.4) is 0 Å². The molecule has 0 aromatic carbocycles. The van der Waals surface area contributed by atoms with Gasteiger partial charge in [-0.2, -0.15) is 0 Å². The molecule has 0 aliphatic carbocycles. The molecule has 0 fully saturated rings. The maximum absolute atomic E-state index is 6.65. The van der Waals surface area contributed by atoms with Crippen molar-refractivity contribution in [1.82, 2.24) is 29.5 Å². The Kier molecular flexibility index (Phi) is 4.20. The van der Waals surface area contributed by atoms with Crippen molar-refractivity contribution in [3.05, 3.63) is 59.1 Å². The predicted octanol–water partition coefficient (Wildman–Crippen LogP) is 2.47. The van der Waals surface area contributed by atoms with Crippen LogP contribution in [-0.4, -0.2) is 35.1 Å². The van der Waals surface area contributed by atoms with Gasteiger partial charge in [0.15, 0.2) is 0 Å². The molecule has 2 N–H and O–H groups in total. The second kappa shape index (κ2) is 6.51. The van der Waals surface area contributed by atoms with Gasteiger partial charge in [-0.25, -0.2) is 0 Å². The molecule has 0 unspecified atom stereocenters. The average Bonchev–Trinajstić information content (AvgIpc) is 3.34. The lowest BCUT2D eigenvalue weighted by Gasteiger charge is -2.25. The highest BCUT2D eigenvalue weighted by Crippen LogP contribution is 2.22. The van der Waals surface area contributed by atoms with Gasteiger partial charge in [0.25, 0.3) is 0 Å². The van der Waals surface area contributed by atoms with Crippen LogP contribution in [0.5, 0.6) is 0 Å². The molecule has 9 heteroatoms. The van der Waals surface area contributed by atoms with Gasteiger partial charge in [0.1, 0.15) is 11.0 Å². The van der Waals surface area contributed by atoms with Gasteiger partial charge in [-0.1, -0.05) is 22.7 Å². The number of nitrogens with two attached hydrogens (primary N) is 1. The molecule has 4 aromatic heterocycles. The second-order valence-electron chi connectivity index (χ2n) is 6.19. The maximum Gasteiger partial charge on any atom is 0.216 e. The van der Waals surface area contributed by atoms with E-state index in [2.05, 4.69) is 39.5 Å². The molecular formula is C16H17N7S2. The summed E-state index contributed by atoms with van der Waals surface area (Å²) in [6, 6.07) is 8.18. The van der Waals surface area contributed by atoms with E-state index >= 15 is 0 Å². The summed E-state index contributed by atoms with van der Waals surface area (Å²) < 4.78 is 4.10. The number of aromatic nitrogens is 6. The van der Waals surface area contributed by atoms with Gasteiger partial charge in [-0.15, -0.1) is 20.4 Å². The zero-order chi connectivity index (χ0) is 17.3. The monoisotopic (exact) mass is 371 g/mol. The highest BCUT2D eigenvalue weighted by molar-refractivity contribution is 7.12. The molecule has 0 radical (unpaired) electrons. The Hall–Kier alpha value is -2.36. The van der Waals surface area contributed by atoms with Crippen LogP contribution in [0.15, 0.2) is 47.7 Å². The Labute approximate surface area is 152 Å². The van der Waals surface area contributed by atoms with E-state index in [0.717, 1.165) is 34.5 Å². The average molecular weight is 371 g/mol. The van der Waals surface area contributed by atoms with E-state index in [1.807, 2.05) is 33.7 Å². The van der Waals surface area contributed by atoms with Gasteiger partial charge in [0.05, 0.1) is 0 Å². The fourth-order valence-electron chi connectivity index (χ4n) is 2.93. The maximum atomic E-state index is 6.65. The largest absolute Gasteiger partial charge is 0.325 e. The third kappa shape index (κ3) is 3.39. The lowest BCUT2D eigenvalue weighted by Crippen LogP contribution is -2.42. The first-order chi connectivity index (χ1) is 12.1.